The number of hydrogen-bond acceptors (Lipinski definition) is 17. The lowest BCUT2D eigenvalue weighted by atomic mass is 10.0. The summed E-state index contributed by atoms with van der Waals surface area (Å²) < 4.78 is 28.5. The van der Waals surface area contributed by atoms with Gasteiger partial charge in [-0.1, -0.05) is 145 Å². The average Bonchev–Trinajstić information content (AvgIpc) is 3.47. The Bertz CT molecular complexity index is 2340. The summed E-state index contributed by atoms with van der Waals surface area (Å²) in [6, 6.07) is 40.7. The smallest absolute Gasteiger partial charge is 0.335 e. The highest BCUT2D eigenvalue weighted by molar-refractivity contribution is 5.79. The number of nitrogens with two attached hydrogens (primary N) is 1. The van der Waals surface area contributed by atoms with Gasteiger partial charge >= 0.3 is 35.8 Å². The minimum Gasteiger partial charge on any atom is -0.466 e. The van der Waals surface area contributed by atoms with Crippen LogP contribution < -0.4 is 21.7 Å². The van der Waals surface area contributed by atoms with Crippen LogP contribution in [-0.4, -0.2) is 121 Å². The van der Waals surface area contributed by atoms with Gasteiger partial charge in [0.15, 0.2) is 6.04 Å². The number of esters is 6. The summed E-state index contributed by atoms with van der Waals surface area (Å²) in [5.41, 5.74) is 10.6. The number of carbonyl (C=O) groups is 6. The van der Waals surface area contributed by atoms with Gasteiger partial charge in [-0.25, -0.2) is 4.79 Å². The van der Waals surface area contributed by atoms with Crippen LogP contribution in [0.25, 0.3) is 0 Å². The van der Waals surface area contributed by atoms with E-state index in [0.717, 1.165) is 44.1 Å². The third-order valence-electron chi connectivity index (χ3n) is 10.4. The Labute approximate surface area is 490 Å². The normalized spacial score (nSPS) is 11.0. The Morgan fingerprint density at radius 3 is 1.27 bits per heavy atom. The number of aryl methyl sites for hydroxylation is 2. The first kappa shape index (κ1) is 78.6. The van der Waals surface area contributed by atoms with Gasteiger partial charge < -0.3 is 44.8 Å². The zero-order valence-corrected chi connectivity index (χ0v) is 50.8. The first-order valence-electron chi connectivity index (χ1n) is 27.8. The molecule has 0 heterocycles. The Morgan fingerprint density at radius 2 is 0.890 bits per heavy atom. The number of nitriles is 1. The summed E-state index contributed by atoms with van der Waals surface area (Å²) in [6.45, 7) is 17.5. The molecule has 0 aromatic heterocycles. The van der Waals surface area contributed by atoms with Gasteiger partial charge in [-0.15, -0.1) is 0 Å². The molecular formula is C65H95N5O12. The highest BCUT2D eigenvalue weighted by Gasteiger charge is 2.17. The summed E-state index contributed by atoms with van der Waals surface area (Å²) in [5.74, 6) is 4.42. The fourth-order valence-corrected chi connectivity index (χ4v) is 6.53. The van der Waals surface area contributed by atoms with Gasteiger partial charge in [-0.05, 0) is 130 Å². The number of allylic oxidation sites excluding steroid dienone is 1. The summed E-state index contributed by atoms with van der Waals surface area (Å²) in [6.07, 6.45) is 10.6. The van der Waals surface area contributed by atoms with Crippen molar-refractivity contribution in [2.45, 2.75) is 138 Å². The fraction of sp³-hybridized carbons (Fsp3) is 0.462. The fourth-order valence-electron chi connectivity index (χ4n) is 6.53. The van der Waals surface area contributed by atoms with Crippen molar-refractivity contribution in [2.75, 3.05) is 60.8 Å². The summed E-state index contributed by atoms with van der Waals surface area (Å²) in [4.78, 5) is 65.3. The summed E-state index contributed by atoms with van der Waals surface area (Å²) in [5, 5.41) is 16.1. The monoisotopic (exact) mass is 1140 g/mol. The number of nitrogens with one attached hydrogen (secondary N) is 3. The van der Waals surface area contributed by atoms with Crippen LogP contribution in [0.5, 0.6) is 0 Å². The van der Waals surface area contributed by atoms with Crippen LogP contribution in [0.15, 0.2) is 133 Å². The highest BCUT2D eigenvalue weighted by atomic mass is 16.6. The molecule has 0 aliphatic heterocycles. The number of rotatable bonds is 25. The van der Waals surface area contributed by atoms with Crippen molar-refractivity contribution in [1.29, 1.82) is 5.26 Å². The molecule has 0 aliphatic carbocycles. The number of nitrogens with zero attached hydrogens (tertiary/aromatic N) is 1. The quantitative estimate of drug-likeness (QED) is 0.0209. The van der Waals surface area contributed by atoms with Gasteiger partial charge in [0, 0.05) is 27.2 Å². The minimum absolute atomic E-state index is 0.150. The standard InChI is InChI=1S/C14H21NO2.C14H19NO2.C14H17NO2.C13H19NO2.2C4H8O2.C2H3N/c3*1-3-17-14(16)13(15-2)11-7-10-12-8-5-4-6-9-12;1-2-16-13(15)12(14)10-6-9-11-7-4-3-5-8-11;2*1-3-6-4(2)5;1-2-3/h4-6,8-9,13,15H,3,7,10-11H2,1-2H3;4-9,11,13,15H,3,10H2,1-2H3;4-6,8-9,13,15H,3,10H2,1-2H3;3-5,7-8,12H,2,6,9-10,14H2,1H3;2*3H2,1-2H3;1H3/b;11-7-;;;;;/t3*13-;12-;;;/m0000.../s1. The number of carbonyl (C=O) groups excluding carboxylic acids is 6. The molecule has 17 heteroatoms. The van der Waals surface area contributed by atoms with Gasteiger partial charge in [0.1, 0.15) is 18.1 Å². The Kier molecular flexibility index (Phi) is 54.2. The molecule has 4 atom stereocenters. The SMILES string of the molecule is CC#N.CCOC(=O)[C@@H](N)CCCc1ccccc1.CCOC(=O)[C@H](/C=C\Cc1ccccc1)NC.CCOC(=O)[C@H](C#CCc1ccccc1)NC.CCOC(=O)[C@H](CCCc1ccccc1)NC.CCOC(C)=O.CCOC(C)=O. The maximum absolute atomic E-state index is 11.5. The van der Waals surface area contributed by atoms with E-state index < -0.39 is 12.1 Å². The second-order valence-corrected chi connectivity index (χ2v) is 16.9. The molecular weight excluding hydrogens is 1040 g/mol. The molecule has 4 rings (SSSR count). The number of ether oxygens (including phenoxy) is 6. The Balaban J connectivity index is -0.000000935. The van der Waals surface area contributed by atoms with E-state index in [1.165, 1.54) is 37.5 Å². The van der Waals surface area contributed by atoms with Crippen LogP contribution in [0.4, 0.5) is 0 Å². The van der Waals surface area contributed by atoms with E-state index in [0.29, 0.717) is 52.5 Å². The van der Waals surface area contributed by atoms with Crippen LogP contribution in [0.2, 0.25) is 0 Å². The lowest BCUT2D eigenvalue weighted by molar-refractivity contribution is -0.146. The molecule has 4 aromatic rings. The molecule has 0 aliphatic rings. The van der Waals surface area contributed by atoms with E-state index in [4.69, 9.17) is 29.9 Å². The van der Waals surface area contributed by atoms with E-state index in [2.05, 4.69) is 73.7 Å². The zero-order chi connectivity index (χ0) is 62.0. The molecule has 82 heavy (non-hydrogen) atoms. The molecule has 17 nitrogen and oxygen atoms in total. The van der Waals surface area contributed by atoms with Crippen molar-refractivity contribution in [2.24, 2.45) is 5.73 Å². The molecule has 0 bridgehead atoms. The first-order chi connectivity index (χ1) is 39.5. The van der Waals surface area contributed by atoms with Crippen molar-refractivity contribution in [3.05, 3.63) is 156 Å². The lowest BCUT2D eigenvalue weighted by Crippen LogP contribution is -2.35. The van der Waals surface area contributed by atoms with E-state index in [1.54, 1.807) is 61.8 Å². The molecule has 0 radical (unpaired) electrons. The Morgan fingerprint density at radius 1 is 0.512 bits per heavy atom. The second-order valence-electron chi connectivity index (χ2n) is 16.9. The zero-order valence-electron chi connectivity index (χ0n) is 50.8. The van der Waals surface area contributed by atoms with Crippen LogP contribution in [0.3, 0.4) is 0 Å². The topological polar surface area (TPSA) is 244 Å². The molecule has 0 unspecified atom stereocenters. The molecule has 0 spiro atoms. The van der Waals surface area contributed by atoms with E-state index in [1.807, 2.05) is 104 Å². The van der Waals surface area contributed by atoms with Crippen molar-refractivity contribution >= 4 is 35.8 Å². The highest BCUT2D eigenvalue weighted by Crippen LogP contribution is 2.09. The molecule has 0 saturated carbocycles. The number of benzene rings is 4. The van der Waals surface area contributed by atoms with E-state index in [9.17, 15) is 28.8 Å². The van der Waals surface area contributed by atoms with Gasteiger partial charge in [-0.3, -0.25) is 29.3 Å². The minimum atomic E-state index is -0.543. The van der Waals surface area contributed by atoms with Crippen LogP contribution >= 0.6 is 0 Å². The summed E-state index contributed by atoms with van der Waals surface area (Å²) >= 11 is 0. The van der Waals surface area contributed by atoms with Crippen molar-refractivity contribution < 1.29 is 57.2 Å². The van der Waals surface area contributed by atoms with Crippen molar-refractivity contribution in [3.8, 4) is 17.9 Å². The lowest BCUT2D eigenvalue weighted by Gasteiger charge is -2.14. The molecule has 0 fully saturated rings. The third kappa shape index (κ3) is 47.2. The molecule has 0 amide bonds. The average molecular weight is 1140 g/mol. The first-order valence-corrected chi connectivity index (χ1v) is 27.8. The molecule has 4 aromatic carbocycles. The van der Waals surface area contributed by atoms with Gasteiger partial charge in [0.2, 0.25) is 0 Å². The van der Waals surface area contributed by atoms with Crippen LogP contribution in [0.1, 0.15) is 110 Å². The predicted molar refractivity (Wildman–Crippen MR) is 325 cm³/mol. The maximum atomic E-state index is 11.5. The van der Waals surface area contributed by atoms with Crippen molar-refractivity contribution in [3.63, 3.8) is 0 Å². The Hall–Kier alpha value is -7.67. The molecule has 0 saturated heterocycles. The predicted octanol–water partition coefficient (Wildman–Crippen LogP) is 9.05. The number of hydrogen-bond donors (Lipinski definition) is 4. The maximum Gasteiger partial charge on any atom is 0.335 e. The van der Waals surface area contributed by atoms with Gasteiger partial charge in [0.25, 0.3) is 0 Å². The third-order valence-corrected chi connectivity index (χ3v) is 10.4. The molecule has 452 valence electrons. The van der Waals surface area contributed by atoms with Crippen LogP contribution in [0, 0.1) is 23.2 Å². The van der Waals surface area contributed by atoms with Crippen LogP contribution in [-0.2, 0) is 82.9 Å². The van der Waals surface area contributed by atoms with Crippen molar-refractivity contribution in [1.82, 2.24) is 16.0 Å². The van der Waals surface area contributed by atoms with Gasteiger partial charge in [0.05, 0.1) is 45.7 Å². The number of likely N-dealkylation sites (N-methyl/N-ethyl adjacent to an activating group) is 3. The largest absolute Gasteiger partial charge is 0.466 e. The van der Waals surface area contributed by atoms with E-state index >= 15 is 0 Å². The second kappa shape index (κ2) is 56.6. The molecule has 5 N–H and O–H groups in total. The summed E-state index contributed by atoms with van der Waals surface area (Å²) in [7, 11) is 5.23. The van der Waals surface area contributed by atoms with Gasteiger partial charge in [-0.2, -0.15) is 5.26 Å². The van der Waals surface area contributed by atoms with E-state index in [-0.39, 0.29) is 47.9 Å².